The topological polar surface area (TPSA) is 29.5 Å². The number of allylic oxidation sites excluding steroid dienone is 2. The molecular formula is C12H21NO2. The molecule has 0 aliphatic rings. The third-order valence-electron chi connectivity index (χ3n) is 2.13. The fourth-order valence-corrected chi connectivity index (χ4v) is 1.28. The van der Waals surface area contributed by atoms with E-state index in [1.807, 2.05) is 47.0 Å². The molecule has 0 radical (unpaired) electrons. The smallest absolute Gasteiger partial charge is 0.354 e. The van der Waals surface area contributed by atoms with Gasteiger partial charge in [-0.1, -0.05) is 13.0 Å². The lowest BCUT2D eigenvalue weighted by molar-refractivity contribution is -0.139. The average Bonchev–Trinajstić information content (AvgIpc) is 2.18. The molecule has 0 N–H and O–H groups in total. The molecule has 0 aliphatic heterocycles. The third-order valence-corrected chi connectivity index (χ3v) is 2.13. The fraction of sp³-hybridized carbons (Fsp3) is 0.583. The number of likely N-dealkylation sites (N-methyl/N-ethyl adjacent to an activating group) is 1. The van der Waals surface area contributed by atoms with Crippen molar-refractivity contribution >= 4 is 5.97 Å². The highest BCUT2D eigenvalue weighted by atomic mass is 16.5. The van der Waals surface area contributed by atoms with Crippen molar-refractivity contribution in [1.29, 1.82) is 0 Å². The van der Waals surface area contributed by atoms with E-state index in [0.717, 1.165) is 12.0 Å². The van der Waals surface area contributed by atoms with Gasteiger partial charge in [-0.05, 0) is 39.0 Å². The number of carbonyl (C=O) groups is 1. The van der Waals surface area contributed by atoms with Crippen molar-refractivity contribution in [2.75, 3.05) is 13.7 Å². The van der Waals surface area contributed by atoms with Gasteiger partial charge in [0.15, 0.2) is 0 Å². The summed E-state index contributed by atoms with van der Waals surface area (Å²) in [5.41, 5.74) is 1.67. The second kappa shape index (κ2) is 7.10. The molecule has 0 heterocycles. The zero-order chi connectivity index (χ0) is 11.8. The minimum atomic E-state index is -0.252. The van der Waals surface area contributed by atoms with E-state index in [1.54, 1.807) is 4.90 Å². The van der Waals surface area contributed by atoms with Crippen molar-refractivity contribution in [2.45, 2.75) is 34.1 Å². The van der Waals surface area contributed by atoms with Crippen LogP contribution in [0.2, 0.25) is 0 Å². The normalized spacial score (nSPS) is 12.6. The van der Waals surface area contributed by atoms with Gasteiger partial charge in [0.1, 0.15) is 5.70 Å². The monoisotopic (exact) mass is 211 g/mol. The molecular weight excluding hydrogens is 190 g/mol. The van der Waals surface area contributed by atoms with Gasteiger partial charge >= 0.3 is 5.97 Å². The zero-order valence-corrected chi connectivity index (χ0v) is 10.3. The van der Waals surface area contributed by atoms with Gasteiger partial charge < -0.3 is 9.64 Å². The molecule has 0 aromatic rings. The van der Waals surface area contributed by atoms with Crippen LogP contribution in [0.4, 0.5) is 0 Å². The highest BCUT2D eigenvalue weighted by molar-refractivity contribution is 5.88. The Morgan fingerprint density at radius 2 is 2.00 bits per heavy atom. The molecule has 0 saturated carbocycles. The Morgan fingerprint density at radius 3 is 2.40 bits per heavy atom. The predicted molar refractivity (Wildman–Crippen MR) is 62.2 cm³/mol. The Morgan fingerprint density at radius 1 is 1.40 bits per heavy atom. The molecule has 0 rings (SSSR count). The number of carbonyl (C=O) groups excluding carboxylic acids is 1. The van der Waals surface area contributed by atoms with Gasteiger partial charge in [-0.2, -0.15) is 0 Å². The van der Waals surface area contributed by atoms with Crippen molar-refractivity contribution in [3.05, 3.63) is 23.5 Å². The number of hydrogen-bond donors (Lipinski definition) is 0. The van der Waals surface area contributed by atoms with E-state index in [9.17, 15) is 4.79 Å². The average molecular weight is 211 g/mol. The largest absolute Gasteiger partial charge is 0.461 e. The maximum Gasteiger partial charge on any atom is 0.354 e. The molecule has 0 aromatic heterocycles. The molecule has 0 bridgehead atoms. The molecule has 15 heavy (non-hydrogen) atoms. The van der Waals surface area contributed by atoms with Gasteiger partial charge in [0.25, 0.3) is 0 Å². The van der Waals surface area contributed by atoms with Gasteiger partial charge in [-0.25, -0.2) is 4.79 Å². The van der Waals surface area contributed by atoms with Crippen molar-refractivity contribution in [1.82, 2.24) is 4.90 Å². The third kappa shape index (κ3) is 4.19. The van der Waals surface area contributed by atoms with E-state index in [1.165, 1.54) is 0 Å². The summed E-state index contributed by atoms with van der Waals surface area (Å²) in [4.78, 5) is 13.5. The summed E-state index contributed by atoms with van der Waals surface area (Å²) in [7, 11) is 1.85. The lowest BCUT2D eigenvalue weighted by Gasteiger charge is -2.19. The molecule has 0 aliphatic carbocycles. The summed E-state index contributed by atoms with van der Waals surface area (Å²) >= 11 is 0. The first-order valence-corrected chi connectivity index (χ1v) is 5.30. The van der Waals surface area contributed by atoms with Crippen LogP contribution < -0.4 is 0 Å². The highest BCUT2D eigenvalue weighted by Crippen LogP contribution is 2.14. The van der Waals surface area contributed by atoms with Crippen LogP contribution in [-0.2, 0) is 9.53 Å². The molecule has 0 saturated heterocycles. The van der Waals surface area contributed by atoms with Crippen molar-refractivity contribution in [3.63, 3.8) is 0 Å². The Hall–Kier alpha value is -1.25. The summed E-state index contributed by atoms with van der Waals surface area (Å²) in [6, 6.07) is 0. The van der Waals surface area contributed by atoms with Crippen LogP contribution in [0.25, 0.3) is 0 Å². The SMILES string of the molecule is C/C=C\N(C)/C(C(=O)OCC)=C(\C)CC. The van der Waals surface area contributed by atoms with Crippen LogP contribution in [0.15, 0.2) is 23.5 Å². The lowest BCUT2D eigenvalue weighted by atomic mass is 10.1. The minimum Gasteiger partial charge on any atom is -0.461 e. The lowest BCUT2D eigenvalue weighted by Crippen LogP contribution is -2.22. The molecule has 0 aromatic carbocycles. The summed E-state index contributed by atoms with van der Waals surface area (Å²) < 4.78 is 5.02. The molecule has 0 spiro atoms. The number of ether oxygens (including phenoxy) is 1. The van der Waals surface area contributed by atoms with Crippen molar-refractivity contribution < 1.29 is 9.53 Å². The Labute approximate surface area is 92.4 Å². The number of nitrogens with zero attached hydrogens (tertiary/aromatic N) is 1. The van der Waals surface area contributed by atoms with Crippen LogP contribution in [0, 0.1) is 0 Å². The first-order valence-electron chi connectivity index (χ1n) is 5.30. The van der Waals surface area contributed by atoms with Gasteiger partial charge in [0.2, 0.25) is 0 Å². The summed E-state index contributed by atoms with van der Waals surface area (Å²) in [6.07, 6.45) is 4.59. The van der Waals surface area contributed by atoms with Crippen LogP contribution in [0.1, 0.15) is 34.1 Å². The van der Waals surface area contributed by atoms with Crippen LogP contribution in [0.5, 0.6) is 0 Å². The van der Waals surface area contributed by atoms with E-state index < -0.39 is 0 Å². The van der Waals surface area contributed by atoms with Gasteiger partial charge in [-0.3, -0.25) is 0 Å². The minimum absolute atomic E-state index is 0.252. The molecule has 0 atom stereocenters. The van der Waals surface area contributed by atoms with Crippen molar-refractivity contribution in [3.8, 4) is 0 Å². The quantitative estimate of drug-likeness (QED) is 0.517. The van der Waals surface area contributed by atoms with E-state index >= 15 is 0 Å². The summed E-state index contributed by atoms with van der Waals surface area (Å²) in [5, 5.41) is 0. The van der Waals surface area contributed by atoms with E-state index in [2.05, 4.69) is 0 Å². The first-order chi connectivity index (χ1) is 7.08. The molecule has 0 amide bonds. The molecule has 86 valence electrons. The molecule has 0 unspecified atom stereocenters. The molecule has 0 fully saturated rings. The second-order valence-electron chi connectivity index (χ2n) is 3.30. The first kappa shape index (κ1) is 13.8. The van der Waals surface area contributed by atoms with Crippen LogP contribution >= 0.6 is 0 Å². The maximum absolute atomic E-state index is 11.7. The maximum atomic E-state index is 11.7. The van der Waals surface area contributed by atoms with Crippen molar-refractivity contribution in [2.24, 2.45) is 0 Å². The Kier molecular flexibility index (Phi) is 6.50. The zero-order valence-electron chi connectivity index (χ0n) is 10.3. The van der Waals surface area contributed by atoms with Gasteiger partial charge in [0, 0.05) is 7.05 Å². The highest BCUT2D eigenvalue weighted by Gasteiger charge is 2.16. The summed E-state index contributed by atoms with van der Waals surface area (Å²) in [6.45, 7) is 8.11. The standard InChI is InChI=1S/C12H21NO2/c1-6-9-13(5)11(10(4)7-2)12(14)15-8-3/h6,9H,7-8H2,1-5H3/b9-6-,11-10+. The van der Waals surface area contributed by atoms with E-state index in [-0.39, 0.29) is 5.97 Å². The number of rotatable bonds is 5. The number of hydrogen-bond acceptors (Lipinski definition) is 3. The molecule has 3 nitrogen and oxygen atoms in total. The second-order valence-corrected chi connectivity index (χ2v) is 3.30. The Balaban J connectivity index is 4.98. The van der Waals surface area contributed by atoms with E-state index in [4.69, 9.17) is 4.74 Å². The fourth-order valence-electron chi connectivity index (χ4n) is 1.28. The molecule has 3 heteroatoms. The van der Waals surface area contributed by atoms with Gasteiger partial charge in [0.05, 0.1) is 6.61 Å². The van der Waals surface area contributed by atoms with Crippen LogP contribution in [-0.4, -0.2) is 24.5 Å². The van der Waals surface area contributed by atoms with Crippen LogP contribution in [0.3, 0.4) is 0 Å². The van der Waals surface area contributed by atoms with E-state index in [0.29, 0.717) is 12.3 Å². The van der Waals surface area contributed by atoms with Gasteiger partial charge in [-0.15, -0.1) is 0 Å². The Bertz CT molecular complexity index is 267. The number of esters is 1. The summed E-state index contributed by atoms with van der Waals surface area (Å²) in [5.74, 6) is -0.252. The predicted octanol–water partition coefficient (Wildman–Crippen LogP) is 2.70.